The van der Waals surface area contributed by atoms with E-state index in [2.05, 4.69) is 32.8 Å². The summed E-state index contributed by atoms with van der Waals surface area (Å²) in [5.74, 6) is 0. The third-order valence-corrected chi connectivity index (χ3v) is 2.68. The van der Waals surface area contributed by atoms with Gasteiger partial charge < -0.3 is 0 Å². The molecule has 0 aliphatic rings. The molecule has 0 radical (unpaired) electrons. The lowest BCUT2D eigenvalue weighted by Gasteiger charge is -2.17. The Balaban J connectivity index is 2.68. The van der Waals surface area contributed by atoms with Crippen molar-refractivity contribution in [1.82, 2.24) is 14.6 Å². The van der Waals surface area contributed by atoms with E-state index in [0.29, 0.717) is 0 Å². The molecular formula is C13H19N3. The molecule has 0 bridgehead atoms. The summed E-state index contributed by atoms with van der Waals surface area (Å²) >= 11 is 0. The number of nitrogens with zero attached hydrogens (tertiary/aromatic N) is 3. The van der Waals surface area contributed by atoms with Crippen LogP contribution in [0.15, 0.2) is 18.3 Å². The van der Waals surface area contributed by atoms with Crippen LogP contribution in [0.2, 0.25) is 0 Å². The van der Waals surface area contributed by atoms with Gasteiger partial charge in [0.25, 0.3) is 0 Å². The minimum Gasteiger partial charge on any atom is -0.231 e. The largest absolute Gasteiger partial charge is 0.231 e. The fourth-order valence-electron chi connectivity index (χ4n) is 2.00. The Morgan fingerprint density at radius 3 is 2.69 bits per heavy atom. The molecule has 3 heteroatoms. The van der Waals surface area contributed by atoms with Gasteiger partial charge in [-0.3, -0.25) is 0 Å². The highest BCUT2D eigenvalue weighted by Crippen LogP contribution is 2.26. The second kappa shape index (κ2) is 3.89. The van der Waals surface area contributed by atoms with Gasteiger partial charge in [-0.2, -0.15) is 5.10 Å². The van der Waals surface area contributed by atoms with Crippen LogP contribution in [-0.2, 0) is 11.8 Å². The quantitative estimate of drug-likeness (QED) is 0.774. The highest BCUT2D eigenvalue weighted by molar-refractivity contribution is 5.43. The molecule has 0 amide bonds. The monoisotopic (exact) mass is 217 g/mol. The molecule has 0 aliphatic heterocycles. The summed E-state index contributed by atoms with van der Waals surface area (Å²) in [6, 6.07) is 3.95. The Bertz CT molecular complexity index is 491. The molecule has 2 rings (SSSR count). The van der Waals surface area contributed by atoms with Gasteiger partial charge in [0.1, 0.15) is 0 Å². The van der Waals surface area contributed by atoms with E-state index >= 15 is 0 Å². The second-order valence-corrected chi connectivity index (χ2v) is 5.20. The number of fused-ring (bicyclic) bond motifs is 1. The zero-order valence-corrected chi connectivity index (χ0v) is 10.5. The highest BCUT2D eigenvalue weighted by atomic mass is 15.3. The van der Waals surface area contributed by atoms with Crippen LogP contribution in [0.3, 0.4) is 0 Å². The van der Waals surface area contributed by atoms with Gasteiger partial charge in [0.15, 0.2) is 5.65 Å². The van der Waals surface area contributed by atoms with Gasteiger partial charge in [0.2, 0.25) is 0 Å². The number of hydrogen-bond donors (Lipinski definition) is 0. The zero-order chi connectivity index (χ0) is 11.8. The number of imidazole rings is 1. The normalized spacial score (nSPS) is 12.2. The van der Waals surface area contributed by atoms with E-state index in [1.54, 1.807) is 0 Å². The van der Waals surface area contributed by atoms with Crippen LogP contribution in [0.5, 0.6) is 0 Å². The van der Waals surface area contributed by atoms with Crippen molar-refractivity contribution in [3.8, 4) is 0 Å². The summed E-state index contributed by atoms with van der Waals surface area (Å²) in [6.45, 7) is 8.80. The molecule has 2 aromatic heterocycles. The molecule has 0 aliphatic carbocycles. The van der Waals surface area contributed by atoms with Crippen LogP contribution < -0.4 is 0 Å². The fraction of sp³-hybridized carbons (Fsp3) is 0.538. The van der Waals surface area contributed by atoms with Crippen molar-refractivity contribution in [2.75, 3.05) is 0 Å². The molecule has 2 heterocycles. The number of hydrogen-bond acceptors (Lipinski definition) is 2. The number of aryl methyl sites for hydroxylation is 1. The Morgan fingerprint density at radius 2 is 2.06 bits per heavy atom. The molecule has 3 nitrogen and oxygen atoms in total. The summed E-state index contributed by atoms with van der Waals surface area (Å²) in [6.07, 6.45) is 3.97. The average Bonchev–Trinajstić information content (AvgIpc) is 2.58. The molecule has 2 aromatic rings. The van der Waals surface area contributed by atoms with Crippen molar-refractivity contribution in [3.05, 3.63) is 29.7 Å². The maximum atomic E-state index is 4.70. The average molecular weight is 217 g/mol. The van der Waals surface area contributed by atoms with Crippen LogP contribution in [0.1, 0.15) is 45.5 Å². The smallest absolute Gasteiger partial charge is 0.154 e. The maximum absolute atomic E-state index is 4.70. The lowest BCUT2D eigenvalue weighted by atomic mass is 9.90. The summed E-state index contributed by atoms with van der Waals surface area (Å²) in [5.41, 5.74) is 3.47. The summed E-state index contributed by atoms with van der Waals surface area (Å²) in [4.78, 5) is 4.70. The number of aromatic nitrogens is 3. The van der Waals surface area contributed by atoms with Crippen molar-refractivity contribution < 1.29 is 0 Å². The molecule has 0 spiro atoms. The third-order valence-electron chi connectivity index (χ3n) is 2.68. The standard InChI is InChI=1S/C13H19N3/c1-5-7-10-12(13(2,3)4)15-11-8-6-9-14-16(10)11/h6,8-9H,5,7H2,1-4H3. The van der Waals surface area contributed by atoms with Gasteiger partial charge in [-0.25, -0.2) is 9.50 Å². The molecule has 86 valence electrons. The fourth-order valence-corrected chi connectivity index (χ4v) is 2.00. The first-order valence-electron chi connectivity index (χ1n) is 5.87. The lowest BCUT2D eigenvalue weighted by molar-refractivity contribution is 0.561. The molecule has 0 N–H and O–H groups in total. The molecule has 0 saturated heterocycles. The van der Waals surface area contributed by atoms with Crippen LogP contribution in [0.25, 0.3) is 5.65 Å². The van der Waals surface area contributed by atoms with Crippen LogP contribution in [0, 0.1) is 0 Å². The van der Waals surface area contributed by atoms with E-state index in [1.165, 1.54) is 11.4 Å². The molecule has 0 saturated carbocycles. The summed E-state index contributed by atoms with van der Waals surface area (Å²) in [7, 11) is 0. The van der Waals surface area contributed by atoms with E-state index < -0.39 is 0 Å². The molecule has 16 heavy (non-hydrogen) atoms. The van der Waals surface area contributed by atoms with Gasteiger partial charge >= 0.3 is 0 Å². The summed E-state index contributed by atoms with van der Waals surface area (Å²) in [5, 5.41) is 4.39. The van der Waals surface area contributed by atoms with Gasteiger partial charge in [-0.15, -0.1) is 0 Å². The van der Waals surface area contributed by atoms with E-state index in [1.807, 2.05) is 22.8 Å². The first kappa shape index (κ1) is 11.1. The third kappa shape index (κ3) is 1.82. The van der Waals surface area contributed by atoms with Crippen molar-refractivity contribution in [1.29, 1.82) is 0 Å². The van der Waals surface area contributed by atoms with Gasteiger partial charge in [-0.1, -0.05) is 34.1 Å². The van der Waals surface area contributed by atoms with E-state index in [4.69, 9.17) is 4.98 Å². The molecule has 0 aromatic carbocycles. The minimum atomic E-state index is 0.0816. The number of rotatable bonds is 2. The van der Waals surface area contributed by atoms with Crippen molar-refractivity contribution in [2.24, 2.45) is 0 Å². The molecule has 0 unspecified atom stereocenters. The zero-order valence-electron chi connectivity index (χ0n) is 10.5. The predicted octanol–water partition coefficient (Wildman–Crippen LogP) is 2.98. The van der Waals surface area contributed by atoms with Crippen LogP contribution in [0.4, 0.5) is 0 Å². The molecular weight excluding hydrogens is 198 g/mol. The van der Waals surface area contributed by atoms with Crippen LogP contribution >= 0.6 is 0 Å². The van der Waals surface area contributed by atoms with Gasteiger partial charge in [0, 0.05) is 11.6 Å². The lowest BCUT2D eigenvalue weighted by Crippen LogP contribution is -2.15. The molecule has 0 fully saturated rings. The van der Waals surface area contributed by atoms with E-state index in [-0.39, 0.29) is 5.41 Å². The Hall–Kier alpha value is -1.38. The second-order valence-electron chi connectivity index (χ2n) is 5.20. The van der Waals surface area contributed by atoms with Crippen molar-refractivity contribution >= 4 is 5.65 Å². The first-order chi connectivity index (χ1) is 7.54. The van der Waals surface area contributed by atoms with Gasteiger partial charge in [0.05, 0.1) is 11.4 Å². The Morgan fingerprint density at radius 1 is 1.31 bits per heavy atom. The van der Waals surface area contributed by atoms with E-state index in [9.17, 15) is 0 Å². The van der Waals surface area contributed by atoms with Crippen molar-refractivity contribution in [3.63, 3.8) is 0 Å². The van der Waals surface area contributed by atoms with Gasteiger partial charge in [-0.05, 0) is 18.6 Å². The molecule has 0 atom stereocenters. The Labute approximate surface area is 96.5 Å². The van der Waals surface area contributed by atoms with E-state index in [0.717, 1.165) is 18.5 Å². The Kier molecular flexibility index (Phi) is 2.70. The van der Waals surface area contributed by atoms with Crippen LogP contribution in [-0.4, -0.2) is 14.6 Å². The maximum Gasteiger partial charge on any atom is 0.154 e. The first-order valence-corrected chi connectivity index (χ1v) is 5.87. The summed E-state index contributed by atoms with van der Waals surface area (Å²) < 4.78 is 1.98. The SMILES string of the molecule is CCCc1c(C(C)(C)C)nc2cccnn12. The highest BCUT2D eigenvalue weighted by Gasteiger charge is 2.23. The topological polar surface area (TPSA) is 30.2 Å². The minimum absolute atomic E-state index is 0.0816. The van der Waals surface area contributed by atoms with Crippen molar-refractivity contribution in [2.45, 2.75) is 46.0 Å². The predicted molar refractivity (Wildman–Crippen MR) is 65.7 cm³/mol.